The molecule has 0 spiro atoms. The van der Waals surface area contributed by atoms with Gasteiger partial charge in [-0.3, -0.25) is 0 Å². The van der Waals surface area contributed by atoms with Gasteiger partial charge in [-0.15, -0.1) is 0 Å². The molecule has 1 N–H and O–H groups in total. The van der Waals surface area contributed by atoms with Gasteiger partial charge in [0.15, 0.2) is 6.10 Å². The fourth-order valence-electron chi connectivity index (χ4n) is 1.83. The van der Waals surface area contributed by atoms with Crippen LogP contribution in [0.1, 0.15) is 0 Å². The number of hydrogen-bond acceptors (Lipinski definition) is 5. The Balaban J connectivity index is 1.87. The Labute approximate surface area is 130 Å². The molecule has 5 heteroatoms. The van der Waals surface area contributed by atoms with Crippen molar-refractivity contribution in [2.45, 2.75) is 6.10 Å². The Kier molecular flexibility index (Phi) is 5.91. The van der Waals surface area contributed by atoms with Crippen molar-refractivity contribution in [3.63, 3.8) is 0 Å². The standard InChI is InChI=1S/C17H20O5/c1-19-13-3-7-15(8-4-13)21-12-17(11-18)22-16-9-5-14(20-2)6-10-16/h3-10,17-18H,11-12H2,1-2H3. The van der Waals surface area contributed by atoms with Crippen LogP contribution in [0.25, 0.3) is 0 Å². The first-order valence-corrected chi connectivity index (χ1v) is 6.93. The van der Waals surface area contributed by atoms with E-state index in [1.54, 1.807) is 50.6 Å². The lowest BCUT2D eigenvalue weighted by atomic mass is 10.3. The first-order valence-electron chi connectivity index (χ1n) is 6.93. The lowest BCUT2D eigenvalue weighted by Crippen LogP contribution is -2.28. The molecule has 0 saturated carbocycles. The van der Waals surface area contributed by atoms with Crippen LogP contribution >= 0.6 is 0 Å². The van der Waals surface area contributed by atoms with E-state index in [9.17, 15) is 5.11 Å². The molecule has 0 amide bonds. The van der Waals surface area contributed by atoms with E-state index in [2.05, 4.69) is 0 Å². The largest absolute Gasteiger partial charge is 0.497 e. The summed E-state index contributed by atoms with van der Waals surface area (Å²) in [5.74, 6) is 2.86. The van der Waals surface area contributed by atoms with Gasteiger partial charge in [-0.25, -0.2) is 0 Å². The predicted molar refractivity (Wildman–Crippen MR) is 83.0 cm³/mol. The molecular formula is C17H20O5. The third kappa shape index (κ3) is 4.56. The van der Waals surface area contributed by atoms with Gasteiger partial charge in [0.05, 0.1) is 20.8 Å². The summed E-state index contributed by atoms with van der Waals surface area (Å²) in [6.45, 7) is 0.108. The van der Waals surface area contributed by atoms with Crippen molar-refractivity contribution < 1.29 is 24.1 Å². The molecule has 1 unspecified atom stereocenters. The second-order valence-electron chi connectivity index (χ2n) is 4.58. The molecule has 0 bridgehead atoms. The number of aliphatic hydroxyl groups is 1. The van der Waals surface area contributed by atoms with Crippen LogP contribution in [0.5, 0.6) is 23.0 Å². The molecule has 5 nitrogen and oxygen atoms in total. The molecule has 2 aromatic rings. The summed E-state index contributed by atoms with van der Waals surface area (Å²) < 4.78 is 21.5. The highest BCUT2D eigenvalue weighted by Gasteiger charge is 2.11. The monoisotopic (exact) mass is 304 g/mol. The van der Waals surface area contributed by atoms with Gasteiger partial charge in [0.1, 0.15) is 29.6 Å². The van der Waals surface area contributed by atoms with Crippen molar-refractivity contribution in [2.24, 2.45) is 0 Å². The second-order valence-corrected chi connectivity index (χ2v) is 4.58. The van der Waals surface area contributed by atoms with Crippen molar-refractivity contribution in [1.82, 2.24) is 0 Å². The zero-order chi connectivity index (χ0) is 15.8. The Bertz CT molecular complexity index is 550. The van der Waals surface area contributed by atoms with Gasteiger partial charge >= 0.3 is 0 Å². The summed E-state index contributed by atoms with van der Waals surface area (Å²) in [4.78, 5) is 0. The van der Waals surface area contributed by atoms with Gasteiger partial charge in [-0.05, 0) is 48.5 Å². The summed E-state index contributed by atoms with van der Waals surface area (Å²) in [6, 6.07) is 14.4. The number of methoxy groups -OCH3 is 2. The maximum absolute atomic E-state index is 9.40. The lowest BCUT2D eigenvalue weighted by Gasteiger charge is -2.18. The molecular weight excluding hydrogens is 284 g/mol. The first kappa shape index (κ1) is 16.0. The summed E-state index contributed by atoms with van der Waals surface area (Å²) >= 11 is 0. The van der Waals surface area contributed by atoms with Gasteiger partial charge in [0, 0.05) is 0 Å². The summed E-state index contributed by atoms with van der Waals surface area (Å²) in [6.07, 6.45) is -0.449. The summed E-state index contributed by atoms with van der Waals surface area (Å²) in [7, 11) is 3.22. The summed E-state index contributed by atoms with van der Waals surface area (Å²) in [5, 5.41) is 9.40. The maximum atomic E-state index is 9.40. The highest BCUT2D eigenvalue weighted by Crippen LogP contribution is 2.20. The van der Waals surface area contributed by atoms with E-state index in [0.717, 1.165) is 11.5 Å². The predicted octanol–water partition coefficient (Wildman–Crippen LogP) is 2.52. The number of aliphatic hydroxyl groups excluding tert-OH is 1. The van der Waals surface area contributed by atoms with E-state index < -0.39 is 6.10 Å². The fraction of sp³-hybridized carbons (Fsp3) is 0.294. The number of benzene rings is 2. The molecule has 118 valence electrons. The Hall–Kier alpha value is -2.40. The van der Waals surface area contributed by atoms with E-state index in [4.69, 9.17) is 18.9 Å². The zero-order valence-corrected chi connectivity index (χ0v) is 12.7. The Morgan fingerprint density at radius 3 is 1.68 bits per heavy atom. The molecule has 22 heavy (non-hydrogen) atoms. The van der Waals surface area contributed by atoms with E-state index in [1.165, 1.54) is 0 Å². The molecule has 0 aliphatic carbocycles. The number of rotatable bonds is 8. The molecule has 2 rings (SSSR count). The highest BCUT2D eigenvalue weighted by molar-refractivity contribution is 5.32. The Morgan fingerprint density at radius 2 is 1.23 bits per heavy atom. The van der Waals surface area contributed by atoms with Crippen molar-refractivity contribution in [2.75, 3.05) is 27.4 Å². The quantitative estimate of drug-likeness (QED) is 0.812. The van der Waals surface area contributed by atoms with Crippen LogP contribution in [0.4, 0.5) is 0 Å². The molecule has 0 radical (unpaired) electrons. The SMILES string of the molecule is COc1ccc(OCC(CO)Oc2ccc(OC)cc2)cc1. The molecule has 1 atom stereocenters. The minimum absolute atomic E-state index is 0.137. The van der Waals surface area contributed by atoms with Crippen LogP contribution < -0.4 is 18.9 Å². The van der Waals surface area contributed by atoms with E-state index >= 15 is 0 Å². The van der Waals surface area contributed by atoms with E-state index in [0.29, 0.717) is 11.5 Å². The molecule has 2 aromatic carbocycles. The van der Waals surface area contributed by atoms with Crippen molar-refractivity contribution in [3.8, 4) is 23.0 Å². The van der Waals surface area contributed by atoms with Crippen LogP contribution in [-0.2, 0) is 0 Å². The second kappa shape index (κ2) is 8.14. The lowest BCUT2D eigenvalue weighted by molar-refractivity contribution is 0.0717. The van der Waals surface area contributed by atoms with Gasteiger partial charge in [-0.2, -0.15) is 0 Å². The fourth-order valence-corrected chi connectivity index (χ4v) is 1.83. The molecule has 0 aliphatic rings. The third-order valence-electron chi connectivity index (χ3n) is 3.06. The minimum atomic E-state index is -0.449. The van der Waals surface area contributed by atoms with Crippen molar-refractivity contribution in [3.05, 3.63) is 48.5 Å². The Morgan fingerprint density at radius 1 is 0.773 bits per heavy atom. The minimum Gasteiger partial charge on any atom is -0.497 e. The van der Waals surface area contributed by atoms with Gasteiger partial charge in [0.2, 0.25) is 0 Å². The van der Waals surface area contributed by atoms with E-state index in [-0.39, 0.29) is 13.2 Å². The first-order chi connectivity index (χ1) is 10.7. The number of ether oxygens (including phenoxy) is 4. The summed E-state index contributed by atoms with van der Waals surface area (Å²) in [5.41, 5.74) is 0. The third-order valence-corrected chi connectivity index (χ3v) is 3.06. The van der Waals surface area contributed by atoms with Crippen molar-refractivity contribution in [1.29, 1.82) is 0 Å². The molecule has 0 aromatic heterocycles. The molecule has 0 saturated heterocycles. The van der Waals surface area contributed by atoms with Crippen LogP contribution in [0.15, 0.2) is 48.5 Å². The van der Waals surface area contributed by atoms with Gasteiger partial charge < -0.3 is 24.1 Å². The van der Waals surface area contributed by atoms with Crippen molar-refractivity contribution >= 4 is 0 Å². The zero-order valence-electron chi connectivity index (χ0n) is 12.7. The van der Waals surface area contributed by atoms with Crippen LogP contribution in [0.2, 0.25) is 0 Å². The average molecular weight is 304 g/mol. The normalized spacial score (nSPS) is 11.6. The van der Waals surface area contributed by atoms with E-state index in [1.807, 2.05) is 12.1 Å². The molecule has 0 heterocycles. The van der Waals surface area contributed by atoms with Crippen LogP contribution in [-0.4, -0.2) is 38.6 Å². The van der Waals surface area contributed by atoms with Crippen LogP contribution in [0.3, 0.4) is 0 Å². The molecule has 0 fully saturated rings. The molecule has 0 aliphatic heterocycles. The smallest absolute Gasteiger partial charge is 0.155 e. The topological polar surface area (TPSA) is 57.2 Å². The highest BCUT2D eigenvalue weighted by atomic mass is 16.5. The maximum Gasteiger partial charge on any atom is 0.155 e. The number of hydrogen-bond donors (Lipinski definition) is 1. The van der Waals surface area contributed by atoms with Crippen LogP contribution in [0, 0.1) is 0 Å². The van der Waals surface area contributed by atoms with Gasteiger partial charge in [-0.1, -0.05) is 0 Å². The van der Waals surface area contributed by atoms with Gasteiger partial charge in [0.25, 0.3) is 0 Å². The average Bonchev–Trinajstić information content (AvgIpc) is 2.59.